The van der Waals surface area contributed by atoms with E-state index in [1.807, 2.05) is 12.1 Å². The summed E-state index contributed by atoms with van der Waals surface area (Å²) in [4.78, 5) is 13.4. The van der Waals surface area contributed by atoms with Crippen LogP contribution in [-0.2, 0) is 22.5 Å². The zero-order valence-electron chi connectivity index (χ0n) is 8.90. The molecular weight excluding hydrogens is 190 g/mol. The molecule has 3 heteroatoms. The van der Waals surface area contributed by atoms with Crippen molar-refractivity contribution in [3.8, 4) is 0 Å². The maximum absolute atomic E-state index is 9.91. The molecule has 0 fully saturated rings. The molecule has 3 nitrogen and oxygen atoms in total. The Labute approximate surface area is 89.8 Å². The van der Waals surface area contributed by atoms with Crippen LogP contribution in [0.1, 0.15) is 17.5 Å². The number of carbonyl (C=O) groups excluding carboxylic acids is 1. The number of methoxy groups -OCH3 is 1. The summed E-state index contributed by atoms with van der Waals surface area (Å²) in [5.41, 5.74) is 2.32. The summed E-state index contributed by atoms with van der Waals surface area (Å²) >= 11 is 0. The van der Waals surface area contributed by atoms with Gasteiger partial charge in [-0.3, -0.25) is 0 Å². The van der Waals surface area contributed by atoms with Crippen molar-refractivity contribution in [2.45, 2.75) is 19.4 Å². The van der Waals surface area contributed by atoms with Crippen molar-refractivity contribution in [1.82, 2.24) is 0 Å². The molecule has 0 saturated heterocycles. The first kappa shape index (κ1) is 11.6. The first-order valence-corrected chi connectivity index (χ1v) is 4.97. The number of benzene rings is 1. The van der Waals surface area contributed by atoms with E-state index < -0.39 is 0 Å². The van der Waals surface area contributed by atoms with E-state index in [2.05, 4.69) is 17.1 Å². The Bertz CT molecular complexity index is 326. The average molecular weight is 205 g/mol. The Hall–Kier alpha value is -1.44. The molecule has 80 valence electrons. The van der Waals surface area contributed by atoms with Crippen LogP contribution >= 0.6 is 0 Å². The minimum atomic E-state index is 0.419. The fourth-order valence-electron chi connectivity index (χ4n) is 1.36. The lowest BCUT2D eigenvalue weighted by atomic mass is 10.1. The molecular formula is C12H15NO2. The molecule has 15 heavy (non-hydrogen) atoms. The number of hydrogen-bond donors (Lipinski definition) is 0. The molecule has 0 atom stereocenters. The normalized spacial score (nSPS) is 9.67. The van der Waals surface area contributed by atoms with E-state index in [-0.39, 0.29) is 0 Å². The molecule has 0 unspecified atom stereocenters. The fraction of sp³-hybridized carbons (Fsp3) is 0.417. The molecule has 0 N–H and O–H groups in total. The molecule has 1 rings (SSSR count). The van der Waals surface area contributed by atoms with Crippen molar-refractivity contribution in [3.05, 3.63) is 35.4 Å². The summed E-state index contributed by atoms with van der Waals surface area (Å²) in [5.74, 6) is 0. The Kier molecular flexibility index (Phi) is 5.38. The molecule has 0 radical (unpaired) electrons. The Morgan fingerprint density at radius 3 is 2.53 bits per heavy atom. The molecule has 1 aromatic carbocycles. The van der Waals surface area contributed by atoms with E-state index in [1.165, 1.54) is 11.6 Å². The highest BCUT2D eigenvalue weighted by atomic mass is 16.5. The Balaban J connectivity index is 2.44. The number of isocyanates is 1. The van der Waals surface area contributed by atoms with Gasteiger partial charge in [0.25, 0.3) is 0 Å². The first-order chi connectivity index (χ1) is 7.36. The maximum atomic E-state index is 9.91. The van der Waals surface area contributed by atoms with Gasteiger partial charge in [-0.1, -0.05) is 24.3 Å². The molecule has 0 spiro atoms. The van der Waals surface area contributed by atoms with Gasteiger partial charge >= 0.3 is 0 Å². The van der Waals surface area contributed by atoms with Crippen molar-refractivity contribution < 1.29 is 9.53 Å². The van der Waals surface area contributed by atoms with Gasteiger partial charge in [0, 0.05) is 13.7 Å². The van der Waals surface area contributed by atoms with E-state index in [4.69, 9.17) is 4.74 Å². The second-order valence-electron chi connectivity index (χ2n) is 3.32. The lowest BCUT2D eigenvalue weighted by Gasteiger charge is -2.01. The molecule has 0 aliphatic heterocycles. The molecule has 0 aliphatic rings. The summed E-state index contributed by atoms with van der Waals surface area (Å²) in [5, 5.41) is 0. The zero-order valence-corrected chi connectivity index (χ0v) is 8.90. The predicted octanol–water partition coefficient (Wildman–Crippen LogP) is 2.10. The van der Waals surface area contributed by atoms with Crippen molar-refractivity contribution in [1.29, 1.82) is 0 Å². The van der Waals surface area contributed by atoms with Gasteiger partial charge in [0.2, 0.25) is 6.08 Å². The standard InChI is InChI=1S/C12H15NO2/c1-15-8-2-3-11-4-6-12(7-5-11)9-13-10-14/h4-7H,2-3,8-9H2,1H3. The minimum Gasteiger partial charge on any atom is -0.385 e. The monoisotopic (exact) mass is 205 g/mol. The van der Waals surface area contributed by atoms with Crippen LogP contribution < -0.4 is 0 Å². The summed E-state index contributed by atoms with van der Waals surface area (Å²) < 4.78 is 4.98. The largest absolute Gasteiger partial charge is 0.385 e. The number of nitrogens with zero attached hydrogens (tertiary/aromatic N) is 1. The number of aliphatic imine (C=N–C) groups is 1. The second kappa shape index (κ2) is 6.93. The van der Waals surface area contributed by atoms with Gasteiger partial charge in [-0.05, 0) is 24.0 Å². The lowest BCUT2D eigenvalue weighted by Crippen LogP contribution is -1.92. The number of hydrogen-bond acceptors (Lipinski definition) is 3. The van der Waals surface area contributed by atoms with E-state index in [0.29, 0.717) is 6.54 Å². The molecule has 0 amide bonds. The van der Waals surface area contributed by atoms with Gasteiger partial charge in [0.05, 0.1) is 6.54 Å². The molecule has 0 saturated carbocycles. The SMILES string of the molecule is COCCCc1ccc(CN=C=O)cc1. The van der Waals surface area contributed by atoms with E-state index in [1.54, 1.807) is 7.11 Å². The van der Waals surface area contributed by atoms with E-state index in [9.17, 15) is 4.79 Å². The Morgan fingerprint density at radius 1 is 1.27 bits per heavy atom. The van der Waals surface area contributed by atoms with Crippen LogP contribution in [0.4, 0.5) is 0 Å². The van der Waals surface area contributed by atoms with E-state index >= 15 is 0 Å². The third-order valence-electron chi connectivity index (χ3n) is 2.16. The fourth-order valence-corrected chi connectivity index (χ4v) is 1.36. The highest BCUT2D eigenvalue weighted by Gasteiger charge is 1.94. The lowest BCUT2D eigenvalue weighted by molar-refractivity contribution is 0.195. The Morgan fingerprint density at radius 2 is 1.93 bits per heavy atom. The average Bonchev–Trinajstić information content (AvgIpc) is 2.28. The second-order valence-corrected chi connectivity index (χ2v) is 3.32. The highest BCUT2D eigenvalue weighted by Crippen LogP contribution is 2.07. The van der Waals surface area contributed by atoms with Crippen LogP contribution in [0.5, 0.6) is 0 Å². The summed E-state index contributed by atoms with van der Waals surface area (Å²) in [6, 6.07) is 8.10. The van der Waals surface area contributed by atoms with E-state index in [0.717, 1.165) is 25.0 Å². The molecule has 0 heterocycles. The zero-order chi connectivity index (χ0) is 10.9. The summed E-state index contributed by atoms with van der Waals surface area (Å²) in [6.07, 6.45) is 3.58. The third-order valence-corrected chi connectivity index (χ3v) is 2.16. The van der Waals surface area contributed by atoms with Crippen LogP contribution in [-0.4, -0.2) is 19.8 Å². The molecule has 0 bridgehead atoms. The van der Waals surface area contributed by atoms with Crippen molar-refractivity contribution >= 4 is 6.08 Å². The van der Waals surface area contributed by atoms with Gasteiger partial charge in [0.15, 0.2) is 0 Å². The highest BCUT2D eigenvalue weighted by molar-refractivity contribution is 5.34. The smallest absolute Gasteiger partial charge is 0.235 e. The van der Waals surface area contributed by atoms with Crippen LogP contribution in [0.15, 0.2) is 29.3 Å². The predicted molar refractivity (Wildman–Crippen MR) is 58.5 cm³/mol. The number of ether oxygens (including phenoxy) is 1. The van der Waals surface area contributed by atoms with Crippen LogP contribution in [0.2, 0.25) is 0 Å². The van der Waals surface area contributed by atoms with Crippen molar-refractivity contribution in [3.63, 3.8) is 0 Å². The third kappa shape index (κ3) is 4.54. The quantitative estimate of drug-likeness (QED) is 0.405. The van der Waals surface area contributed by atoms with Crippen molar-refractivity contribution in [2.24, 2.45) is 4.99 Å². The van der Waals surface area contributed by atoms with Crippen molar-refractivity contribution in [2.75, 3.05) is 13.7 Å². The van der Waals surface area contributed by atoms with Crippen LogP contribution in [0.3, 0.4) is 0 Å². The van der Waals surface area contributed by atoms with Gasteiger partial charge in [0.1, 0.15) is 0 Å². The summed E-state index contributed by atoms with van der Waals surface area (Å²) in [7, 11) is 1.71. The van der Waals surface area contributed by atoms with Crippen LogP contribution in [0.25, 0.3) is 0 Å². The molecule has 1 aromatic rings. The molecule has 0 aromatic heterocycles. The first-order valence-electron chi connectivity index (χ1n) is 4.97. The summed E-state index contributed by atoms with van der Waals surface area (Å²) in [6.45, 7) is 1.21. The van der Waals surface area contributed by atoms with Gasteiger partial charge in [-0.2, -0.15) is 0 Å². The maximum Gasteiger partial charge on any atom is 0.235 e. The minimum absolute atomic E-state index is 0.419. The topological polar surface area (TPSA) is 38.7 Å². The molecule has 0 aliphatic carbocycles. The number of aryl methyl sites for hydroxylation is 1. The van der Waals surface area contributed by atoms with Gasteiger partial charge in [-0.15, -0.1) is 0 Å². The number of rotatable bonds is 6. The van der Waals surface area contributed by atoms with Gasteiger partial charge in [-0.25, -0.2) is 9.79 Å². The van der Waals surface area contributed by atoms with Gasteiger partial charge < -0.3 is 4.74 Å². The van der Waals surface area contributed by atoms with Crippen LogP contribution in [0, 0.1) is 0 Å².